The molecular formula is C16H25BrO. The van der Waals surface area contributed by atoms with Crippen LogP contribution in [-0.4, -0.2) is 11.9 Å². The van der Waals surface area contributed by atoms with Crippen molar-refractivity contribution in [1.29, 1.82) is 0 Å². The first-order valence-corrected chi connectivity index (χ1v) is 8.09. The zero-order valence-corrected chi connectivity index (χ0v) is 13.4. The Morgan fingerprint density at radius 1 is 1.11 bits per heavy atom. The van der Waals surface area contributed by atoms with Crippen molar-refractivity contribution >= 4 is 15.9 Å². The minimum absolute atomic E-state index is 0.582. The van der Waals surface area contributed by atoms with E-state index in [-0.39, 0.29) is 0 Å². The zero-order valence-electron chi connectivity index (χ0n) is 11.8. The van der Waals surface area contributed by atoms with Crippen molar-refractivity contribution < 1.29 is 4.74 Å². The maximum Gasteiger partial charge on any atom is 0.119 e. The lowest BCUT2D eigenvalue weighted by atomic mass is 9.90. The molecule has 102 valence electrons. The molecule has 1 nitrogen and oxygen atoms in total. The monoisotopic (exact) mass is 312 g/mol. The van der Waals surface area contributed by atoms with Crippen LogP contribution < -0.4 is 4.74 Å². The number of hydrogen-bond donors (Lipinski definition) is 0. The summed E-state index contributed by atoms with van der Waals surface area (Å²) in [5, 5.41) is 1.05. The minimum atomic E-state index is 0.582. The van der Waals surface area contributed by atoms with Crippen LogP contribution in [0.15, 0.2) is 24.3 Å². The Morgan fingerprint density at radius 3 is 2.33 bits per heavy atom. The summed E-state index contributed by atoms with van der Waals surface area (Å²) in [4.78, 5) is 0. The average molecular weight is 313 g/mol. The molecule has 0 aliphatic rings. The average Bonchev–Trinajstić information content (AvgIpc) is 2.42. The van der Waals surface area contributed by atoms with Gasteiger partial charge in [-0.2, -0.15) is 0 Å². The van der Waals surface area contributed by atoms with E-state index in [1.165, 1.54) is 18.4 Å². The second kappa shape index (κ2) is 8.58. The predicted molar refractivity (Wildman–Crippen MR) is 82.8 cm³/mol. The van der Waals surface area contributed by atoms with Gasteiger partial charge in [-0.1, -0.05) is 61.7 Å². The van der Waals surface area contributed by atoms with E-state index in [0.717, 1.165) is 24.1 Å². The van der Waals surface area contributed by atoms with Gasteiger partial charge < -0.3 is 4.74 Å². The number of rotatable bonds is 8. The number of ether oxygens (including phenoxy) is 1. The molecule has 2 unspecified atom stereocenters. The van der Waals surface area contributed by atoms with Crippen LogP contribution in [0.3, 0.4) is 0 Å². The Bertz CT molecular complexity index is 320. The molecule has 0 heterocycles. The van der Waals surface area contributed by atoms with E-state index in [2.05, 4.69) is 61.0 Å². The first-order valence-electron chi connectivity index (χ1n) is 6.97. The Labute approximate surface area is 120 Å². The lowest BCUT2D eigenvalue weighted by Gasteiger charge is -2.18. The molecule has 0 N–H and O–H groups in total. The van der Waals surface area contributed by atoms with Gasteiger partial charge in [-0.05, 0) is 36.0 Å². The summed E-state index contributed by atoms with van der Waals surface area (Å²) >= 11 is 3.55. The molecule has 0 aromatic heterocycles. The van der Waals surface area contributed by atoms with Gasteiger partial charge in [0.25, 0.3) is 0 Å². The molecule has 2 atom stereocenters. The van der Waals surface area contributed by atoms with Gasteiger partial charge in [-0.3, -0.25) is 0 Å². The van der Waals surface area contributed by atoms with Crippen LogP contribution in [0.25, 0.3) is 0 Å². The standard InChI is InChI=1S/C16H25BrO/c1-4-5-6-11-18-16-9-7-15(8-10-16)14(3)13(2)12-17/h7-10,13-14H,4-6,11-12H2,1-3H3. The molecular weight excluding hydrogens is 288 g/mol. The summed E-state index contributed by atoms with van der Waals surface area (Å²) in [5.41, 5.74) is 1.39. The molecule has 18 heavy (non-hydrogen) atoms. The summed E-state index contributed by atoms with van der Waals surface area (Å²) < 4.78 is 5.72. The molecule has 2 heteroatoms. The van der Waals surface area contributed by atoms with Gasteiger partial charge in [0, 0.05) is 5.33 Å². The van der Waals surface area contributed by atoms with Crippen molar-refractivity contribution in [2.45, 2.75) is 46.0 Å². The summed E-state index contributed by atoms with van der Waals surface area (Å²) in [6, 6.07) is 8.58. The van der Waals surface area contributed by atoms with Crippen LogP contribution in [0.4, 0.5) is 0 Å². The van der Waals surface area contributed by atoms with Crippen molar-refractivity contribution in [3.05, 3.63) is 29.8 Å². The van der Waals surface area contributed by atoms with Crippen LogP contribution in [-0.2, 0) is 0 Å². The zero-order chi connectivity index (χ0) is 13.4. The Balaban J connectivity index is 2.47. The van der Waals surface area contributed by atoms with E-state index in [0.29, 0.717) is 11.8 Å². The van der Waals surface area contributed by atoms with Crippen molar-refractivity contribution in [3.8, 4) is 5.75 Å². The smallest absolute Gasteiger partial charge is 0.119 e. The Kier molecular flexibility index (Phi) is 7.41. The first-order chi connectivity index (χ1) is 8.69. The Morgan fingerprint density at radius 2 is 1.78 bits per heavy atom. The van der Waals surface area contributed by atoms with Gasteiger partial charge in [-0.15, -0.1) is 0 Å². The molecule has 0 spiro atoms. The SMILES string of the molecule is CCCCCOc1ccc(C(C)C(C)CBr)cc1. The molecule has 1 aromatic rings. The van der Waals surface area contributed by atoms with Crippen LogP contribution in [0.5, 0.6) is 5.75 Å². The van der Waals surface area contributed by atoms with E-state index in [4.69, 9.17) is 4.74 Å². The van der Waals surface area contributed by atoms with Gasteiger partial charge in [0.15, 0.2) is 0 Å². The number of unbranched alkanes of at least 4 members (excludes halogenated alkanes) is 2. The van der Waals surface area contributed by atoms with Crippen LogP contribution in [0.1, 0.15) is 51.5 Å². The second-order valence-electron chi connectivity index (χ2n) is 5.04. The fraction of sp³-hybridized carbons (Fsp3) is 0.625. The third-order valence-corrected chi connectivity index (χ3v) is 4.54. The highest BCUT2D eigenvalue weighted by Crippen LogP contribution is 2.26. The first kappa shape index (κ1) is 15.6. The van der Waals surface area contributed by atoms with E-state index in [9.17, 15) is 0 Å². The molecule has 1 rings (SSSR count). The topological polar surface area (TPSA) is 9.23 Å². The van der Waals surface area contributed by atoms with Crippen LogP contribution >= 0.6 is 15.9 Å². The van der Waals surface area contributed by atoms with Gasteiger partial charge in [-0.25, -0.2) is 0 Å². The molecule has 0 aliphatic carbocycles. The lowest BCUT2D eigenvalue weighted by molar-refractivity contribution is 0.306. The number of alkyl halides is 1. The summed E-state index contributed by atoms with van der Waals surface area (Å²) in [6.45, 7) is 7.60. The van der Waals surface area contributed by atoms with Crippen LogP contribution in [0.2, 0.25) is 0 Å². The van der Waals surface area contributed by atoms with Crippen molar-refractivity contribution in [1.82, 2.24) is 0 Å². The third-order valence-electron chi connectivity index (χ3n) is 3.52. The van der Waals surface area contributed by atoms with Gasteiger partial charge in [0.1, 0.15) is 5.75 Å². The molecule has 0 fully saturated rings. The van der Waals surface area contributed by atoms with Crippen molar-refractivity contribution in [2.24, 2.45) is 5.92 Å². The van der Waals surface area contributed by atoms with Gasteiger partial charge in [0.05, 0.1) is 6.61 Å². The molecule has 0 saturated carbocycles. The summed E-state index contributed by atoms with van der Waals surface area (Å²) in [7, 11) is 0. The van der Waals surface area contributed by atoms with E-state index in [1.54, 1.807) is 0 Å². The molecule has 0 aliphatic heterocycles. The van der Waals surface area contributed by atoms with Gasteiger partial charge >= 0.3 is 0 Å². The maximum absolute atomic E-state index is 5.72. The van der Waals surface area contributed by atoms with E-state index in [1.807, 2.05) is 0 Å². The highest BCUT2D eigenvalue weighted by Gasteiger charge is 2.12. The van der Waals surface area contributed by atoms with Crippen molar-refractivity contribution in [3.63, 3.8) is 0 Å². The quantitative estimate of drug-likeness (QED) is 0.462. The minimum Gasteiger partial charge on any atom is -0.494 e. The maximum atomic E-state index is 5.72. The van der Waals surface area contributed by atoms with E-state index < -0.39 is 0 Å². The van der Waals surface area contributed by atoms with Crippen molar-refractivity contribution in [2.75, 3.05) is 11.9 Å². The summed E-state index contributed by atoms with van der Waals surface area (Å²) in [6.07, 6.45) is 3.64. The molecule has 0 bridgehead atoms. The second-order valence-corrected chi connectivity index (χ2v) is 5.69. The largest absolute Gasteiger partial charge is 0.494 e. The predicted octanol–water partition coefficient (Wildman–Crippen LogP) is 5.39. The van der Waals surface area contributed by atoms with E-state index >= 15 is 0 Å². The highest BCUT2D eigenvalue weighted by atomic mass is 79.9. The Hall–Kier alpha value is -0.500. The fourth-order valence-electron chi connectivity index (χ4n) is 1.87. The van der Waals surface area contributed by atoms with Gasteiger partial charge in [0.2, 0.25) is 0 Å². The number of benzene rings is 1. The summed E-state index contributed by atoms with van der Waals surface area (Å²) in [5.74, 6) is 2.23. The fourth-order valence-corrected chi connectivity index (χ4v) is 2.43. The number of halogens is 1. The molecule has 0 amide bonds. The third kappa shape index (κ3) is 5.01. The molecule has 1 aromatic carbocycles. The lowest BCUT2D eigenvalue weighted by Crippen LogP contribution is -2.07. The highest BCUT2D eigenvalue weighted by molar-refractivity contribution is 9.09. The molecule has 0 radical (unpaired) electrons. The normalized spacial score (nSPS) is 14.2. The number of hydrogen-bond acceptors (Lipinski definition) is 1. The molecule has 0 saturated heterocycles. The van der Waals surface area contributed by atoms with Crippen LogP contribution in [0, 0.1) is 5.92 Å².